The molecule has 1 aromatic rings. The lowest BCUT2D eigenvalue weighted by Crippen LogP contribution is -2.49. The summed E-state index contributed by atoms with van der Waals surface area (Å²) in [7, 11) is 2.23. The molecule has 1 aliphatic rings. The van der Waals surface area contributed by atoms with Crippen molar-refractivity contribution in [2.75, 3.05) is 13.6 Å². The van der Waals surface area contributed by atoms with E-state index in [9.17, 15) is 0 Å². The minimum atomic E-state index is 0.325. The molecule has 3 unspecified atom stereocenters. The summed E-state index contributed by atoms with van der Waals surface area (Å²) in [6.45, 7) is 9.29. The molecule has 2 rings (SSSR count). The maximum Gasteiger partial charge on any atom is 0.0230 e. The van der Waals surface area contributed by atoms with E-state index >= 15 is 0 Å². The molecule has 2 nitrogen and oxygen atoms in total. The standard InChI is InChI=1S/C18H29BrN2/c1-13-17(20)10-7-15(18(13,2)3)12-21(4)11-14-5-8-16(19)9-6-14/h5-6,8-9,13,15,17H,7,10-12,20H2,1-4H3. The molecular formula is C18H29BrN2. The molecule has 1 fully saturated rings. The third kappa shape index (κ3) is 4.08. The highest BCUT2D eigenvalue weighted by Gasteiger charge is 2.41. The van der Waals surface area contributed by atoms with Crippen molar-refractivity contribution in [2.24, 2.45) is 23.0 Å². The molecule has 1 aliphatic carbocycles. The summed E-state index contributed by atoms with van der Waals surface area (Å²) < 4.78 is 1.14. The second-order valence-corrected chi connectivity index (χ2v) is 8.29. The van der Waals surface area contributed by atoms with Gasteiger partial charge in [-0.05, 0) is 54.8 Å². The van der Waals surface area contributed by atoms with E-state index in [1.54, 1.807) is 0 Å². The molecule has 1 aromatic carbocycles. The van der Waals surface area contributed by atoms with Crippen LogP contribution in [0.1, 0.15) is 39.2 Å². The van der Waals surface area contributed by atoms with Crippen LogP contribution in [0.5, 0.6) is 0 Å². The smallest absolute Gasteiger partial charge is 0.0230 e. The molecule has 0 bridgehead atoms. The minimum Gasteiger partial charge on any atom is -0.327 e. The van der Waals surface area contributed by atoms with E-state index in [0.717, 1.165) is 23.5 Å². The molecule has 0 aromatic heterocycles. The first kappa shape index (κ1) is 17.0. The molecule has 0 radical (unpaired) electrons. The fourth-order valence-electron chi connectivity index (χ4n) is 3.61. The van der Waals surface area contributed by atoms with Crippen LogP contribution in [0.15, 0.2) is 28.7 Å². The van der Waals surface area contributed by atoms with Gasteiger partial charge in [0.2, 0.25) is 0 Å². The van der Waals surface area contributed by atoms with Gasteiger partial charge in [-0.15, -0.1) is 0 Å². The number of benzene rings is 1. The largest absolute Gasteiger partial charge is 0.327 e. The van der Waals surface area contributed by atoms with Gasteiger partial charge in [-0.3, -0.25) is 0 Å². The van der Waals surface area contributed by atoms with Gasteiger partial charge in [-0.1, -0.05) is 48.8 Å². The molecule has 0 saturated heterocycles. The summed E-state index contributed by atoms with van der Waals surface area (Å²) in [6, 6.07) is 9.01. The lowest BCUT2D eigenvalue weighted by Gasteiger charge is -2.48. The van der Waals surface area contributed by atoms with Crippen molar-refractivity contribution < 1.29 is 0 Å². The van der Waals surface area contributed by atoms with E-state index in [-0.39, 0.29) is 0 Å². The average Bonchev–Trinajstić information content (AvgIpc) is 2.43. The minimum absolute atomic E-state index is 0.325. The molecule has 1 saturated carbocycles. The van der Waals surface area contributed by atoms with Crippen LogP contribution < -0.4 is 5.73 Å². The number of hydrogen-bond acceptors (Lipinski definition) is 2. The Balaban J connectivity index is 1.95. The highest BCUT2D eigenvalue weighted by molar-refractivity contribution is 9.10. The van der Waals surface area contributed by atoms with Gasteiger partial charge in [-0.25, -0.2) is 0 Å². The first-order chi connectivity index (χ1) is 9.80. The number of rotatable bonds is 4. The number of nitrogens with zero attached hydrogens (tertiary/aromatic N) is 1. The topological polar surface area (TPSA) is 29.3 Å². The summed E-state index contributed by atoms with van der Waals surface area (Å²) in [5, 5.41) is 0. The van der Waals surface area contributed by atoms with E-state index in [2.05, 4.69) is 72.9 Å². The third-order valence-corrected chi connectivity index (χ3v) is 6.14. The predicted octanol–water partition coefficient (Wildman–Crippen LogP) is 4.28. The van der Waals surface area contributed by atoms with Gasteiger partial charge in [0.25, 0.3) is 0 Å². The maximum atomic E-state index is 6.27. The summed E-state index contributed by atoms with van der Waals surface area (Å²) in [4.78, 5) is 2.46. The highest BCUT2D eigenvalue weighted by Crippen LogP contribution is 2.44. The first-order valence-corrected chi connectivity index (χ1v) is 8.78. The Bertz CT molecular complexity index is 455. The average molecular weight is 353 g/mol. The van der Waals surface area contributed by atoms with E-state index in [1.165, 1.54) is 18.4 Å². The SMILES string of the molecule is CC1C(N)CCC(CN(C)Cc2ccc(Br)cc2)C1(C)C. The van der Waals surface area contributed by atoms with E-state index in [1.807, 2.05) is 0 Å². The quantitative estimate of drug-likeness (QED) is 0.875. The van der Waals surface area contributed by atoms with E-state index in [0.29, 0.717) is 17.4 Å². The van der Waals surface area contributed by atoms with Crippen molar-refractivity contribution >= 4 is 15.9 Å². The molecule has 118 valence electrons. The van der Waals surface area contributed by atoms with Crippen LogP contribution in [0, 0.1) is 17.3 Å². The van der Waals surface area contributed by atoms with Gasteiger partial charge in [0, 0.05) is 23.6 Å². The van der Waals surface area contributed by atoms with E-state index < -0.39 is 0 Å². The van der Waals surface area contributed by atoms with Gasteiger partial charge >= 0.3 is 0 Å². The van der Waals surface area contributed by atoms with Gasteiger partial charge in [0.1, 0.15) is 0 Å². The second kappa shape index (κ2) is 6.80. The van der Waals surface area contributed by atoms with Crippen LogP contribution in [-0.2, 0) is 6.54 Å². The van der Waals surface area contributed by atoms with Gasteiger partial charge < -0.3 is 10.6 Å². The van der Waals surface area contributed by atoms with Crippen LogP contribution in [0.3, 0.4) is 0 Å². The van der Waals surface area contributed by atoms with Crippen molar-refractivity contribution in [1.29, 1.82) is 0 Å². The van der Waals surface area contributed by atoms with Crippen molar-refractivity contribution in [3.63, 3.8) is 0 Å². The summed E-state index contributed by atoms with van der Waals surface area (Å²) in [6.07, 6.45) is 2.42. The van der Waals surface area contributed by atoms with Crippen LogP contribution in [0.2, 0.25) is 0 Å². The maximum absolute atomic E-state index is 6.27. The van der Waals surface area contributed by atoms with Crippen LogP contribution in [0.4, 0.5) is 0 Å². The second-order valence-electron chi connectivity index (χ2n) is 7.37. The molecule has 0 heterocycles. The monoisotopic (exact) mass is 352 g/mol. The van der Waals surface area contributed by atoms with Crippen molar-refractivity contribution in [3.05, 3.63) is 34.3 Å². The summed E-state index contributed by atoms with van der Waals surface area (Å²) in [5.41, 5.74) is 7.97. The Morgan fingerprint density at radius 2 is 1.86 bits per heavy atom. The molecule has 2 N–H and O–H groups in total. The highest BCUT2D eigenvalue weighted by atomic mass is 79.9. The third-order valence-electron chi connectivity index (χ3n) is 5.61. The molecule has 0 amide bonds. The van der Waals surface area contributed by atoms with Crippen LogP contribution >= 0.6 is 15.9 Å². The Hall–Kier alpha value is -0.380. The first-order valence-electron chi connectivity index (χ1n) is 7.99. The fraction of sp³-hybridized carbons (Fsp3) is 0.667. The van der Waals surface area contributed by atoms with Crippen molar-refractivity contribution in [1.82, 2.24) is 4.90 Å². The molecule has 0 aliphatic heterocycles. The fourth-order valence-corrected chi connectivity index (χ4v) is 3.87. The molecule has 3 atom stereocenters. The summed E-state index contributed by atoms with van der Waals surface area (Å²) in [5.74, 6) is 1.32. The normalized spacial score (nSPS) is 28.8. The van der Waals surface area contributed by atoms with Crippen LogP contribution in [0.25, 0.3) is 0 Å². The lowest BCUT2D eigenvalue weighted by atomic mass is 9.61. The predicted molar refractivity (Wildman–Crippen MR) is 94.1 cm³/mol. The van der Waals surface area contributed by atoms with Crippen molar-refractivity contribution in [3.8, 4) is 0 Å². The van der Waals surface area contributed by atoms with Crippen molar-refractivity contribution in [2.45, 2.75) is 46.2 Å². The lowest BCUT2D eigenvalue weighted by molar-refractivity contribution is 0.0324. The Kier molecular flexibility index (Phi) is 5.50. The number of nitrogens with two attached hydrogens (primary N) is 1. The zero-order valence-corrected chi connectivity index (χ0v) is 15.4. The Morgan fingerprint density at radius 1 is 1.24 bits per heavy atom. The van der Waals surface area contributed by atoms with Gasteiger partial charge in [-0.2, -0.15) is 0 Å². The zero-order chi connectivity index (χ0) is 15.6. The molecule has 0 spiro atoms. The molecule has 3 heteroatoms. The van der Waals surface area contributed by atoms with Crippen LogP contribution in [-0.4, -0.2) is 24.5 Å². The molecular weight excluding hydrogens is 324 g/mol. The van der Waals surface area contributed by atoms with E-state index in [4.69, 9.17) is 5.73 Å². The Morgan fingerprint density at radius 3 is 2.48 bits per heavy atom. The number of hydrogen-bond donors (Lipinski definition) is 1. The van der Waals surface area contributed by atoms with Gasteiger partial charge in [0.05, 0.1) is 0 Å². The number of halogens is 1. The summed E-state index contributed by atoms with van der Waals surface area (Å²) >= 11 is 3.49. The van der Waals surface area contributed by atoms with Gasteiger partial charge in [0.15, 0.2) is 0 Å². The molecule has 21 heavy (non-hydrogen) atoms. The Labute approximate surface area is 138 Å². The zero-order valence-electron chi connectivity index (χ0n) is 13.8.